The summed E-state index contributed by atoms with van der Waals surface area (Å²) < 4.78 is 0. The second-order valence-corrected chi connectivity index (χ2v) is 6.53. The molecule has 0 unspecified atom stereocenters. The standard InChI is InChI=1S/C21H22N2O4/c1-14(7-5-6-12-24)21(27)17-13-16(10-11-18(17)23-20(21)26)22-19(25)15-8-3-2-4-9-15/h2-5,7-11,13-14,24,27H,6,12H2,1H3,(H,22,25)(H,23,26)/b7-5+/t14-,21+/m1/s1. The number of aliphatic hydroxyl groups is 2. The average Bonchev–Trinajstić information content (AvgIpc) is 2.94. The highest BCUT2D eigenvalue weighted by Crippen LogP contribution is 2.42. The van der Waals surface area contributed by atoms with Crippen LogP contribution in [0.25, 0.3) is 0 Å². The zero-order valence-corrected chi connectivity index (χ0v) is 15.0. The Balaban J connectivity index is 1.88. The molecule has 2 aromatic rings. The molecule has 1 heterocycles. The Labute approximate surface area is 157 Å². The first-order chi connectivity index (χ1) is 13.0. The van der Waals surface area contributed by atoms with Gasteiger partial charge in [0.05, 0.1) is 0 Å². The first kappa shape index (κ1) is 18.8. The van der Waals surface area contributed by atoms with Crippen molar-refractivity contribution in [3.8, 4) is 0 Å². The smallest absolute Gasteiger partial charge is 0.261 e. The van der Waals surface area contributed by atoms with E-state index in [1.165, 1.54) is 0 Å². The van der Waals surface area contributed by atoms with E-state index in [4.69, 9.17) is 5.11 Å². The minimum absolute atomic E-state index is 0.0000969. The topological polar surface area (TPSA) is 98.7 Å². The van der Waals surface area contributed by atoms with E-state index in [2.05, 4.69) is 10.6 Å². The fourth-order valence-corrected chi connectivity index (χ4v) is 3.15. The molecule has 3 rings (SSSR count). The Kier molecular flexibility index (Phi) is 5.39. The Morgan fingerprint density at radius 2 is 2.00 bits per heavy atom. The van der Waals surface area contributed by atoms with Gasteiger partial charge >= 0.3 is 0 Å². The highest BCUT2D eigenvalue weighted by molar-refractivity contribution is 6.07. The quantitative estimate of drug-likeness (QED) is 0.591. The number of amides is 2. The molecule has 0 aliphatic carbocycles. The van der Waals surface area contributed by atoms with Gasteiger partial charge in [0.25, 0.3) is 11.8 Å². The van der Waals surface area contributed by atoms with Gasteiger partial charge in [-0.05, 0) is 36.8 Å². The van der Waals surface area contributed by atoms with Crippen LogP contribution in [0.5, 0.6) is 0 Å². The predicted octanol–water partition coefficient (Wildman–Crippen LogP) is 2.65. The van der Waals surface area contributed by atoms with E-state index < -0.39 is 17.4 Å². The lowest BCUT2D eigenvalue weighted by molar-refractivity contribution is -0.137. The zero-order valence-electron chi connectivity index (χ0n) is 15.0. The van der Waals surface area contributed by atoms with E-state index in [0.29, 0.717) is 28.9 Å². The van der Waals surface area contributed by atoms with Crippen molar-refractivity contribution in [2.24, 2.45) is 5.92 Å². The first-order valence-electron chi connectivity index (χ1n) is 8.79. The summed E-state index contributed by atoms with van der Waals surface area (Å²) in [6, 6.07) is 13.8. The summed E-state index contributed by atoms with van der Waals surface area (Å²) in [6.45, 7) is 1.73. The summed E-state index contributed by atoms with van der Waals surface area (Å²) in [5.74, 6) is -1.29. The number of carbonyl (C=O) groups is 2. The Morgan fingerprint density at radius 1 is 1.26 bits per heavy atom. The van der Waals surface area contributed by atoms with Gasteiger partial charge in [0.1, 0.15) is 0 Å². The first-order valence-corrected chi connectivity index (χ1v) is 8.79. The molecule has 0 fully saturated rings. The summed E-state index contributed by atoms with van der Waals surface area (Å²) >= 11 is 0. The van der Waals surface area contributed by atoms with Crippen LogP contribution in [0.2, 0.25) is 0 Å². The lowest BCUT2D eigenvalue weighted by Gasteiger charge is -2.26. The second-order valence-electron chi connectivity index (χ2n) is 6.53. The molecule has 4 N–H and O–H groups in total. The molecule has 2 aromatic carbocycles. The van der Waals surface area contributed by atoms with Crippen LogP contribution in [0.3, 0.4) is 0 Å². The number of anilines is 2. The fraction of sp³-hybridized carbons (Fsp3) is 0.238. The van der Waals surface area contributed by atoms with Crippen molar-refractivity contribution in [1.82, 2.24) is 0 Å². The normalized spacial score (nSPS) is 19.6. The van der Waals surface area contributed by atoms with Gasteiger partial charge in [0.2, 0.25) is 0 Å². The van der Waals surface area contributed by atoms with Crippen LogP contribution in [0.4, 0.5) is 11.4 Å². The van der Waals surface area contributed by atoms with Crippen LogP contribution >= 0.6 is 0 Å². The minimum atomic E-state index is -1.74. The van der Waals surface area contributed by atoms with E-state index in [0.717, 1.165) is 0 Å². The summed E-state index contributed by atoms with van der Waals surface area (Å²) in [5, 5.41) is 25.5. The lowest BCUT2D eigenvalue weighted by Crippen LogP contribution is -2.39. The maximum Gasteiger partial charge on any atom is 0.261 e. The number of aliphatic hydroxyl groups excluding tert-OH is 1. The van der Waals surface area contributed by atoms with E-state index in [1.807, 2.05) is 6.07 Å². The van der Waals surface area contributed by atoms with Crippen molar-refractivity contribution < 1.29 is 19.8 Å². The van der Waals surface area contributed by atoms with Crippen LogP contribution in [0.1, 0.15) is 29.3 Å². The Hall–Kier alpha value is -2.96. The van der Waals surface area contributed by atoms with Crippen molar-refractivity contribution >= 4 is 23.2 Å². The van der Waals surface area contributed by atoms with E-state index in [-0.39, 0.29) is 12.5 Å². The molecule has 0 bridgehead atoms. The van der Waals surface area contributed by atoms with Crippen LogP contribution in [0.15, 0.2) is 60.7 Å². The maximum atomic E-state index is 12.5. The number of carbonyl (C=O) groups excluding carboxylic acids is 2. The van der Waals surface area contributed by atoms with Crippen LogP contribution in [-0.2, 0) is 10.4 Å². The molecule has 140 valence electrons. The van der Waals surface area contributed by atoms with Crippen molar-refractivity contribution in [3.63, 3.8) is 0 Å². The fourth-order valence-electron chi connectivity index (χ4n) is 3.15. The Morgan fingerprint density at radius 3 is 2.70 bits per heavy atom. The van der Waals surface area contributed by atoms with Crippen molar-refractivity contribution in [3.05, 3.63) is 71.8 Å². The van der Waals surface area contributed by atoms with Gasteiger partial charge in [0.15, 0.2) is 5.60 Å². The molecule has 2 amide bonds. The molecular weight excluding hydrogens is 344 g/mol. The van der Waals surface area contributed by atoms with Crippen LogP contribution < -0.4 is 10.6 Å². The zero-order chi connectivity index (χ0) is 19.4. The molecule has 0 spiro atoms. The van der Waals surface area contributed by atoms with Gasteiger partial charge in [-0.1, -0.05) is 37.3 Å². The number of nitrogens with one attached hydrogen (secondary N) is 2. The minimum Gasteiger partial charge on any atom is -0.396 e. The molecule has 6 nitrogen and oxygen atoms in total. The lowest BCUT2D eigenvalue weighted by atomic mass is 9.82. The highest BCUT2D eigenvalue weighted by Gasteiger charge is 2.48. The van der Waals surface area contributed by atoms with E-state index in [9.17, 15) is 14.7 Å². The molecule has 1 aliphatic heterocycles. The summed E-state index contributed by atoms with van der Waals surface area (Å²) in [4.78, 5) is 24.8. The van der Waals surface area contributed by atoms with Gasteiger partial charge in [-0.15, -0.1) is 0 Å². The molecule has 1 aliphatic rings. The highest BCUT2D eigenvalue weighted by atomic mass is 16.3. The number of fused-ring (bicyclic) bond motifs is 1. The van der Waals surface area contributed by atoms with Gasteiger partial charge in [-0.2, -0.15) is 0 Å². The van der Waals surface area contributed by atoms with Crippen molar-refractivity contribution in [1.29, 1.82) is 0 Å². The predicted molar refractivity (Wildman–Crippen MR) is 103 cm³/mol. The summed E-state index contributed by atoms with van der Waals surface area (Å²) in [7, 11) is 0. The van der Waals surface area contributed by atoms with Gasteiger partial charge in [0, 0.05) is 35.0 Å². The monoisotopic (exact) mass is 366 g/mol. The summed E-state index contributed by atoms with van der Waals surface area (Å²) in [5.41, 5.74) is 0.198. The molecule has 0 saturated carbocycles. The van der Waals surface area contributed by atoms with Crippen molar-refractivity contribution in [2.75, 3.05) is 17.2 Å². The molecule has 0 radical (unpaired) electrons. The third-order valence-corrected chi connectivity index (χ3v) is 4.70. The number of benzene rings is 2. The maximum absolute atomic E-state index is 12.5. The van der Waals surface area contributed by atoms with Crippen LogP contribution in [0, 0.1) is 5.92 Å². The Bertz CT molecular complexity index is 879. The molecule has 27 heavy (non-hydrogen) atoms. The summed E-state index contributed by atoms with van der Waals surface area (Å²) in [6.07, 6.45) is 3.89. The molecule has 0 saturated heterocycles. The number of hydrogen-bond acceptors (Lipinski definition) is 4. The molecule has 6 heteroatoms. The van der Waals surface area contributed by atoms with E-state index in [1.54, 1.807) is 61.5 Å². The van der Waals surface area contributed by atoms with E-state index >= 15 is 0 Å². The molecule has 2 atom stereocenters. The van der Waals surface area contributed by atoms with Gasteiger partial charge in [-0.25, -0.2) is 0 Å². The van der Waals surface area contributed by atoms with Gasteiger partial charge < -0.3 is 20.8 Å². The average molecular weight is 366 g/mol. The number of hydrogen-bond donors (Lipinski definition) is 4. The molecular formula is C21H22N2O4. The SMILES string of the molecule is C[C@H](/C=C/CCO)[C@@]1(O)C(=O)Nc2ccc(NC(=O)c3ccccc3)cc21. The van der Waals surface area contributed by atoms with Gasteiger partial charge in [-0.3, -0.25) is 9.59 Å². The molecule has 0 aromatic heterocycles. The number of rotatable bonds is 6. The van der Waals surface area contributed by atoms with Crippen LogP contribution in [-0.4, -0.2) is 28.6 Å². The second kappa shape index (κ2) is 7.73. The largest absolute Gasteiger partial charge is 0.396 e. The third kappa shape index (κ3) is 3.63. The third-order valence-electron chi connectivity index (χ3n) is 4.70. The van der Waals surface area contributed by atoms with Crippen molar-refractivity contribution in [2.45, 2.75) is 18.9 Å².